The van der Waals surface area contributed by atoms with Crippen LogP contribution in [-0.4, -0.2) is 22.2 Å². The van der Waals surface area contributed by atoms with Gasteiger partial charge in [0.2, 0.25) is 0 Å². The number of aliphatic carboxylic acids is 1. The standard InChI is InChI=1S/C10H13NO3.ClH/c1-6-4-7(2-3-9(6)12)5-8(11)10(13)14;/h2-4,8,12H,5,11H2,1H3,(H,13,14);1H/t8-;/m0./s1. The predicted molar refractivity (Wildman–Crippen MR) is 59.4 cm³/mol. The Morgan fingerprint density at radius 2 is 2.13 bits per heavy atom. The largest absolute Gasteiger partial charge is 0.508 e. The molecule has 0 fully saturated rings. The number of phenolic OH excluding ortho intramolecular Hbond substituents is 1. The molecule has 1 rings (SSSR count). The molecular formula is C10H14ClNO3. The van der Waals surface area contributed by atoms with Crippen molar-refractivity contribution in [1.29, 1.82) is 0 Å². The molecule has 5 heteroatoms. The Morgan fingerprint density at radius 3 is 2.60 bits per heavy atom. The van der Waals surface area contributed by atoms with Gasteiger partial charge in [0.25, 0.3) is 0 Å². The van der Waals surface area contributed by atoms with Gasteiger partial charge in [0.05, 0.1) is 0 Å². The summed E-state index contributed by atoms with van der Waals surface area (Å²) in [5, 5.41) is 17.8. The third-order valence-electron chi connectivity index (χ3n) is 2.03. The van der Waals surface area contributed by atoms with Crippen LogP contribution in [0.3, 0.4) is 0 Å². The smallest absolute Gasteiger partial charge is 0.320 e. The summed E-state index contributed by atoms with van der Waals surface area (Å²) in [6.45, 7) is 1.76. The molecule has 4 nitrogen and oxygen atoms in total. The molecule has 0 saturated carbocycles. The summed E-state index contributed by atoms with van der Waals surface area (Å²) in [5.74, 6) is -0.812. The molecule has 0 saturated heterocycles. The first-order valence-corrected chi connectivity index (χ1v) is 4.27. The van der Waals surface area contributed by atoms with E-state index < -0.39 is 12.0 Å². The summed E-state index contributed by atoms with van der Waals surface area (Å²) in [6, 6.07) is 4.06. The van der Waals surface area contributed by atoms with Gasteiger partial charge in [-0.3, -0.25) is 4.79 Å². The van der Waals surface area contributed by atoms with Crippen molar-refractivity contribution in [3.05, 3.63) is 29.3 Å². The Balaban J connectivity index is 0.00000196. The number of phenols is 1. The van der Waals surface area contributed by atoms with E-state index in [0.29, 0.717) is 0 Å². The van der Waals surface area contributed by atoms with E-state index in [9.17, 15) is 9.90 Å². The molecule has 0 aliphatic carbocycles. The lowest BCUT2D eigenvalue weighted by Crippen LogP contribution is -2.32. The van der Waals surface area contributed by atoms with Gasteiger partial charge in [-0.05, 0) is 30.5 Å². The third kappa shape index (κ3) is 3.77. The highest BCUT2D eigenvalue weighted by atomic mass is 35.5. The van der Waals surface area contributed by atoms with Crippen molar-refractivity contribution in [2.24, 2.45) is 5.73 Å². The van der Waals surface area contributed by atoms with Gasteiger partial charge >= 0.3 is 5.97 Å². The van der Waals surface area contributed by atoms with Gasteiger partial charge in [0.15, 0.2) is 0 Å². The predicted octanol–water partition coefficient (Wildman–Crippen LogP) is 1.08. The van der Waals surface area contributed by atoms with Crippen LogP contribution in [-0.2, 0) is 11.2 Å². The number of rotatable bonds is 3. The average molecular weight is 232 g/mol. The second-order valence-corrected chi connectivity index (χ2v) is 3.27. The van der Waals surface area contributed by atoms with E-state index in [4.69, 9.17) is 10.8 Å². The lowest BCUT2D eigenvalue weighted by Gasteiger charge is -2.07. The quantitative estimate of drug-likeness (QED) is 0.727. The normalized spacial score (nSPS) is 11.6. The van der Waals surface area contributed by atoms with Crippen molar-refractivity contribution >= 4 is 18.4 Å². The van der Waals surface area contributed by atoms with Gasteiger partial charge in [-0.2, -0.15) is 0 Å². The van der Waals surface area contributed by atoms with Crippen LogP contribution < -0.4 is 5.73 Å². The Morgan fingerprint density at radius 1 is 1.53 bits per heavy atom. The molecule has 0 bridgehead atoms. The molecule has 4 N–H and O–H groups in total. The highest BCUT2D eigenvalue weighted by Gasteiger charge is 2.12. The van der Waals surface area contributed by atoms with Crippen LogP contribution in [0.2, 0.25) is 0 Å². The molecule has 1 aromatic carbocycles. The molecular weight excluding hydrogens is 218 g/mol. The van der Waals surface area contributed by atoms with Crippen molar-refractivity contribution in [1.82, 2.24) is 0 Å². The maximum absolute atomic E-state index is 10.5. The van der Waals surface area contributed by atoms with Crippen LogP contribution in [0.25, 0.3) is 0 Å². The van der Waals surface area contributed by atoms with E-state index in [2.05, 4.69) is 0 Å². The number of carbonyl (C=O) groups is 1. The molecule has 15 heavy (non-hydrogen) atoms. The zero-order chi connectivity index (χ0) is 10.7. The zero-order valence-electron chi connectivity index (χ0n) is 8.30. The topological polar surface area (TPSA) is 83.6 Å². The number of hydrogen-bond acceptors (Lipinski definition) is 3. The zero-order valence-corrected chi connectivity index (χ0v) is 9.12. The number of nitrogens with two attached hydrogens (primary N) is 1. The third-order valence-corrected chi connectivity index (χ3v) is 2.03. The first-order chi connectivity index (χ1) is 6.50. The van der Waals surface area contributed by atoms with Gasteiger partial charge in [0.1, 0.15) is 11.8 Å². The van der Waals surface area contributed by atoms with Crippen molar-refractivity contribution < 1.29 is 15.0 Å². The fraction of sp³-hybridized carbons (Fsp3) is 0.300. The molecule has 0 aliphatic heterocycles. The minimum absolute atomic E-state index is 0. The Bertz CT molecular complexity index is 355. The number of aryl methyl sites for hydroxylation is 1. The van der Waals surface area contributed by atoms with Crippen molar-refractivity contribution in [2.45, 2.75) is 19.4 Å². The van der Waals surface area contributed by atoms with Gasteiger partial charge < -0.3 is 15.9 Å². The van der Waals surface area contributed by atoms with E-state index in [1.807, 2.05) is 0 Å². The molecule has 0 heterocycles. The molecule has 0 unspecified atom stereocenters. The van der Waals surface area contributed by atoms with E-state index in [0.717, 1.165) is 11.1 Å². The maximum atomic E-state index is 10.5. The summed E-state index contributed by atoms with van der Waals surface area (Å²) in [6.07, 6.45) is 0.274. The first kappa shape index (κ1) is 13.7. The number of carboxylic acids is 1. The number of carboxylic acid groups (broad SMARTS) is 1. The Labute approximate surface area is 94.1 Å². The number of benzene rings is 1. The monoisotopic (exact) mass is 231 g/mol. The Kier molecular flexibility index (Phi) is 5.11. The lowest BCUT2D eigenvalue weighted by molar-refractivity contribution is -0.138. The maximum Gasteiger partial charge on any atom is 0.320 e. The fourth-order valence-corrected chi connectivity index (χ4v) is 1.19. The molecule has 0 spiro atoms. The van der Waals surface area contributed by atoms with E-state index in [1.165, 1.54) is 0 Å². The van der Waals surface area contributed by atoms with Crippen LogP contribution in [0.5, 0.6) is 5.75 Å². The molecule has 0 aromatic heterocycles. The summed E-state index contributed by atoms with van der Waals surface area (Å²) in [7, 11) is 0. The van der Waals surface area contributed by atoms with E-state index >= 15 is 0 Å². The molecule has 1 atom stereocenters. The highest BCUT2D eigenvalue weighted by Crippen LogP contribution is 2.17. The number of halogens is 1. The van der Waals surface area contributed by atoms with Gasteiger partial charge in [-0.25, -0.2) is 0 Å². The molecule has 84 valence electrons. The molecule has 1 aromatic rings. The van der Waals surface area contributed by atoms with Crippen LogP contribution in [0.1, 0.15) is 11.1 Å². The van der Waals surface area contributed by atoms with E-state index in [1.54, 1.807) is 25.1 Å². The first-order valence-electron chi connectivity index (χ1n) is 4.27. The highest BCUT2D eigenvalue weighted by molar-refractivity contribution is 5.85. The van der Waals surface area contributed by atoms with Crippen LogP contribution >= 0.6 is 12.4 Å². The minimum Gasteiger partial charge on any atom is -0.508 e. The second kappa shape index (κ2) is 5.58. The SMILES string of the molecule is Cc1cc(C[C@H](N)C(=O)O)ccc1O.Cl. The van der Waals surface area contributed by atoms with Crippen LogP contribution in [0.15, 0.2) is 18.2 Å². The number of hydrogen-bond donors (Lipinski definition) is 3. The van der Waals surface area contributed by atoms with Gasteiger partial charge in [0, 0.05) is 0 Å². The van der Waals surface area contributed by atoms with Gasteiger partial charge in [-0.1, -0.05) is 12.1 Å². The number of aromatic hydroxyl groups is 1. The minimum atomic E-state index is -1.02. The van der Waals surface area contributed by atoms with E-state index in [-0.39, 0.29) is 24.6 Å². The molecule has 0 aliphatic rings. The summed E-state index contributed by atoms with van der Waals surface area (Å²) >= 11 is 0. The van der Waals surface area contributed by atoms with Crippen molar-refractivity contribution in [2.75, 3.05) is 0 Å². The van der Waals surface area contributed by atoms with Gasteiger partial charge in [-0.15, -0.1) is 12.4 Å². The van der Waals surface area contributed by atoms with Crippen LogP contribution in [0.4, 0.5) is 0 Å². The fourth-order valence-electron chi connectivity index (χ4n) is 1.19. The Hall–Kier alpha value is -1.26. The van der Waals surface area contributed by atoms with Crippen molar-refractivity contribution in [3.63, 3.8) is 0 Å². The second-order valence-electron chi connectivity index (χ2n) is 3.27. The average Bonchev–Trinajstić information content (AvgIpc) is 2.11. The summed E-state index contributed by atoms with van der Waals surface area (Å²) in [4.78, 5) is 10.5. The molecule has 0 radical (unpaired) electrons. The summed E-state index contributed by atoms with van der Waals surface area (Å²) in [5.41, 5.74) is 6.91. The lowest BCUT2D eigenvalue weighted by atomic mass is 10.0. The summed E-state index contributed by atoms with van der Waals surface area (Å²) < 4.78 is 0. The van der Waals surface area contributed by atoms with Crippen LogP contribution in [0, 0.1) is 6.92 Å². The molecule has 0 amide bonds. The van der Waals surface area contributed by atoms with Crippen molar-refractivity contribution in [3.8, 4) is 5.75 Å².